The van der Waals surface area contributed by atoms with Crippen molar-refractivity contribution in [2.24, 2.45) is 0 Å². The Morgan fingerprint density at radius 3 is 2.88 bits per heavy atom. The topological polar surface area (TPSA) is 83.1 Å². The van der Waals surface area contributed by atoms with Crippen molar-refractivity contribution in [2.75, 3.05) is 17.3 Å². The average molecular weight is 396 g/mol. The highest BCUT2D eigenvalue weighted by atomic mass is 32.2. The van der Waals surface area contributed by atoms with Gasteiger partial charge in [-0.1, -0.05) is 24.8 Å². The maximum absolute atomic E-state index is 12.9. The largest absolute Gasteiger partial charge is 0.335 e. The molecule has 1 aromatic heterocycles. The lowest BCUT2D eigenvalue weighted by molar-refractivity contribution is -0.132. The summed E-state index contributed by atoms with van der Waals surface area (Å²) in [6, 6.07) is 5.82. The summed E-state index contributed by atoms with van der Waals surface area (Å²) in [6.07, 6.45) is 1.34. The van der Waals surface area contributed by atoms with Gasteiger partial charge < -0.3 is 9.88 Å². The number of benzene rings is 1. The number of aromatic nitrogens is 2. The Balaban J connectivity index is 1.70. The number of nitrogens with one attached hydrogen (secondary N) is 1. The number of carbonyl (C=O) groups excluding carboxylic acids is 1. The molecule has 26 heavy (non-hydrogen) atoms. The van der Waals surface area contributed by atoms with Crippen LogP contribution >= 0.6 is 11.8 Å². The van der Waals surface area contributed by atoms with Crippen molar-refractivity contribution in [3.05, 3.63) is 23.8 Å². The first-order valence-electron chi connectivity index (χ1n) is 8.90. The molecule has 6 nitrogen and oxygen atoms in total. The third kappa shape index (κ3) is 4.23. The lowest BCUT2D eigenvalue weighted by Gasteiger charge is -2.33. The lowest BCUT2D eigenvalue weighted by Crippen LogP contribution is -2.47. The van der Waals surface area contributed by atoms with Crippen molar-refractivity contribution in [3.63, 3.8) is 0 Å². The number of amides is 1. The van der Waals surface area contributed by atoms with Crippen LogP contribution in [-0.2, 0) is 14.6 Å². The standard InChI is InChI=1S/C18H25N3O3S2/c1-4-13(3)21(14-7-8-26(23,24)11-14)17(22)10-25-18-19-15-6-5-12(2)9-16(15)20-18/h5-6,9,13-14H,4,7-8,10-11H2,1-3H3,(H,19,20)/t13-,14-/m0/s1. The van der Waals surface area contributed by atoms with E-state index >= 15 is 0 Å². The fourth-order valence-electron chi connectivity index (χ4n) is 3.37. The molecule has 2 heterocycles. The van der Waals surface area contributed by atoms with Gasteiger partial charge in [0.1, 0.15) is 0 Å². The zero-order valence-electron chi connectivity index (χ0n) is 15.4. The molecule has 2 aromatic rings. The first-order chi connectivity index (χ1) is 12.3. The predicted molar refractivity (Wildman–Crippen MR) is 105 cm³/mol. The fraction of sp³-hybridized carbons (Fsp3) is 0.556. The molecule has 1 aromatic carbocycles. The first kappa shape index (κ1) is 19.2. The van der Waals surface area contributed by atoms with Gasteiger partial charge in [-0.2, -0.15) is 0 Å². The zero-order chi connectivity index (χ0) is 18.9. The van der Waals surface area contributed by atoms with E-state index in [0.29, 0.717) is 11.6 Å². The van der Waals surface area contributed by atoms with E-state index < -0.39 is 9.84 Å². The quantitative estimate of drug-likeness (QED) is 0.761. The monoisotopic (exact) mass is 395 g/mol. The second kappa shape index (κ2) is 7.60. The van der Waals surface area contributed by atoms with Crippen LogP contribution in [0.3, 0.4) is 0 Å². The fourth-order valence-corrected chi connectivity index (χ4v) is 5.84. The maximum Gasteiger partial charge on any atom is 0.233 e. The van der Waals surface area contributed by atoms with E-state index in [1.165, 1.54) is 11.8 Å². The van der Waals surface area contributed by atoms with Crippen LogP contribution < -0.4 is 0 Å². The Hall–Kier alpha value is -1.54. The Morgan fingerprint density at radius 1 is 1.46 bits per heavy atom. The number of carbonyl (C=O) groups is 1. The van der Waals surface area contributed by atoms with Gasteiger partial charge in [-0.15, -0.1) is 0 Å². The maximum atomic E-state index is 12.9. The highest BCUT2D eigenvalue weighted by molar-refractivity contribution is 7.99. The number of fused-ring (bicyclic) bond motifs is 1. The highest BCUT2D eigenvalue weighted by Crippen LogP contribution is 2.25. The van der Waals surface area contributed by atoms with Crippen molar-refractivity contribution in [2.45, 2.75) is 50.9 Å². The third-order valence-electron chi connectivity index (χ3n) is 4.90. The Labute approximate surface area is 158 Å². The Morgan fingerprint density at radius 2 is 2.23 bits per heavy atom. The normalized spacial score (nSPS) is 20.3. The van der Waals surface area contributed by atoms with Crippen molar-refractivity contribution >= 4 is 38.5 Å². The van der Waals surface area contributed by atoms with Crippen LogP contribution in [-0.4, -0.2) is 58.5 Å². The highest BCUT2D eigenvalue weighted by Gasteiger charge is 2.36. The van der Waals surface area contributed by atoms with Gasteiger partial charge in [-0.05, 0) is 44.4 Å². The van der Waals surface area contributed by atoms with Gasteiger partial charge in [-0.25, -0.2) is 13.4 Å². The predicted octanol–water partition coefficient (Wildman–Crippen LogP) is 2.78. The molecule has 8 heteroatoms. The number of thioether (sulfide) groups is 1. The van der Waals surface area contributed by atoms with Gasteiger partial charge >= 0.3 is 0 Å². The average Bonchev–Trinajstić information content (AvgIpc) is 3.15. The molecule has 1 amide bonds. The Bertz CT molecular complexity index is 908. The summed E-state index contributed by atoms with van der Waals surface area (Å²) < 4.78 is 23.7. The first-order valence-corrected chi connectivity index (χ1v) is 11.7. The molecule has 0 saturated carbocycles. The smallest absolute Gasteiger partial charge is 0.233 e. The number of imidazole rings is 1. The van der Waals surface area contributed by atoms with E-state index in [0.717, 1.165) is 23.0 Å². The molecule has 0 unspecified atom stereocenters. The molecular weight excluding hydrogens is 370 g/mol. The zero-order valence-corrected chi connectivity index (χ0v) is 17.0. The minimum Gasteiger partial charge on any atom is -0.335 e. The second-order valence-electron chi connectivity index (χ2n) is 6.97. The van der Waals surface area contributed by atoms with Gasteiger partial charge in [0.15, 0.2) is 15.0 Å². The number of aryl methyl sites for hydroxylation is 1. The van der Waals surface area contributed by atoms with Crippen LogP contribution in [0.4, 0.5) is 0 Å². The van der Waals surface area contributed by atoms with Gasteiger partial charge in [0.25, 0.3) is 0 Å². The Kier molecular flexibility index (Phi) is 5.62. The number of nitrogens with zero attached hydrogens (tertiary/aromatic N) is 2. The molecule has 142 valence electrons. The van der Waals surface area contributed by atoms with E-state index in [1.807, 2.05) is 39.0 Å². The van der Waals surface area contributed by atoms with Crippen LogP contribution in [0.15, 0.2) is 23.4 Å². The van der Waals surface area contributed by atoms with Crippen LogP contribution in [0.25, 0.3) is 11.0 Å². The summed E-state index contributed by atoms with van der Waals surface area (Å²) in [5.41, 5.74) is 2.99. The molecule has 1 saturated heterocycles. The van der Waals surface area contributed by atoms with Crippen LogP contribution in [0.2, 0.25) is 0 Å². The number of hydrogen-bond donors (Lipinski definition) is 1. The molecule has 1 fully saturated rings. The van der Waals surface area contributed by atoms with Gasteiger partial charge in [0.2, 0.25) is 5.91 Å². The summed E-state index contributed by atoms with van der Waals surface area (Å²) in [5.74, 6) is 0.480. The van der Waals surface area contributed by atoms with Gasteiger partial charge in [0.05, 0.1) is 28.3 Å². The van der Waals surface area contributed by atoms with Crippen molar-refractivity contribution in [3.8, 4) is 0 Å². The number of rotatable bonds is 6. The van der Waals surface area contributed by atoms with Crippen LogP contribution in [0.1, 0.15) is 32.3 Å². The number of H-pyrrole nitrogens is 1. The van der Waals surface area contributed by atoms with Crippen molar-refractivity contribution < 1.29 is 13.2 Å². The van der Waals surface area contributed by atoms with E-state index in [4.69, 9.17) is 0 Å². The van der Waals surface area contributed by atoms with E-state index in [1.54, 1.807) is 4.90 Å². The summed E-state index contributed by atoms with van der Waals surface area (Å²) in [7, 11) is -3.02. The number of aromatic amines is 1. The molecule has 2 atom stereocenters. The molecule has 0 bridgehead atoms. The molecule has 0 radical (unpaired) electrons. The third-order valence-corrected chi connectivity index (χ3v) is 7.51. The van der Waals surface area contributed by atoms with Crippen molar-refractivity contribution in [1.29, 1.82) is 0 Å². The lowest BCUT2D eigenvalue weighted by atomic mass is 10.1. The summed E-state index contributed by atoms with van der Waals surface area (Å²) in [4.78, 5) is 22.4. The van der Waals surface area contributed by atoms with E-state index in [-0.39, 0.29) is 35.2 Å². The molecule has 3 rings (SSSR count). The summed E-state index contributed by atoms with van der Waals surface area (Å²) in [6.45, 7) is 6.02. The SMILES string of the molecule is CC[C@H](C)N(C(=O)CSc1nc2ccc(C)cc2[nH]1)[C@H]1CCS(=O)(=O)C1. The van der Waals surface area contributed by atoms with Gasteiger partial charge in [-0.3, -0.25) is 4.79 Å². The molecular formula is C18H25N3O3S2. The number of hydrogen-bond acceptors (Lipinski definition) is 5. The molecule has 1 aliphatic rings. The minimum atomic E-state index is -3.02. The summed E-state index contributed by atoms with van der Waals surface area (Å²) in [5, 5.41) is 0.710. The number of sulfone groups is 1. The van der Waals surface area contributed by atoms with Crippen LogP contribution in [0, 0.1) is 6.92 Å². The molecule has 1 N–H and O–H groups in total. The van der Waals surface area contributed by atoms with Crippen LogP contribution in [0.5, 0.6) is 0 Å². The van der Waals surface area contributed by atoms with E-state index in [2.05, 4.69) is 9.97 Å². The molecule has 1 aliphatic heterocycles. The van der Waals surface area contributed by atoms with E-state index in [9.17, 15) is 13.2 Å². The van der Waals surface area contributed by atoms with Gasteiger partial charge in [0, 0.05) is 12.1 Å². The molecule has 0 spiro atoms. The minimum absolute atomic E-state index is 0.0249. The second-order valence-corrected chi connectivity index (χ2v) is 10.2. The van der Waals surface area contributed by atoms with Crippen molar-refractivity contribution in [1.82, 2.24) is 14.9 Å². The molecule has 0 aliphatic carbocycles. The summed E-state index contributed by atoms with van der Waals surface area (Å²) >= 11 is 1.37.